The van der Waals surface area contributed by atoms with E-state index < -0.39 is 0 Å². The van der Waals surface area contributed by atoms with Crippen molar-refractivity contribution in [3.63, 3.8) is 0 Å². The number of nitrogens with zero attached hydrogens (tertiary/aromatic N) is 3. The molecule has 0 aliphatic carbocycles. The maximum absolute atomic E-state index is 12.6. The van der Waals surface area contributed by atoms with Crippen LogP contribution in [-0.2, 0) is 11.3 Å². The molecule has 1 amide bonds. The third kappa shape index (κ3) is 3.71. The highest BCUT2D eigenvalue weighted by molar-refractivity contribution is 7.99. The van der Waals surface area contributed by atoms with Gasteiger partial charge >= 0.3 is 0 Å². The highest BCUT2D eigenvalue weighted by atomic mass is 32.2. The van der Waals surface area contributed by atoms with Gasteiger partial charge in [-0.25, -0.2) is 4.98 Å². The summed E-state index contributed by atoms with van der Waals surface area (Å²) in [6.45, 7) is 5.00. The molecular formula is C20H23N3OS. The van der Waals surface area contributed by atoms with Crippen LogP contribution in [0.4, 0.5) is 0 Å². The summed E-state index contributed by atoms with van der Waals surface area (Å²) in [7, 11) is 1.86. The van der Waals surface area contributed by atoms with E-state index in [-0.39, 0.29) is 11.9 Å². The molecule has 4 nitrogen and oxygen atoms in total. The first-order chi connectivity index (χ1) is 12.1. The molecule has 0 radical (unpaired) electrons. The lowest BCUT2D eigenvalue weighted by Crippen LogP contribution is -2.31. The molecule has 0 spiro atoms. The van der Waals surface area contributed by atoms with E-state index in [1.54, 1.807) is 4.90 Å². The van der Waals surface area contributed by atoms with Gasteiger partial charge < -0.3 is 9.47 Å². The van der Waals surface area contributed by atoms with E-state index in [0.717, 1.165) is 28.3 Å². The molecule has 0 fully saturated rings. The molecule has 25 heavy (non-hydrogen) atoms. The second kappa shape index (κ2) is 7.74. The molecule has 5 heteroatoms. The number of aryl methyl sites for hydroxylation is 1. The molecular weight excluding hydrogens is 330 g/mol. The van der Waals surface area contributed by atoms with Gasteiger partial charge in [-0.3, -0.25) is 4.79 Å². The van der Waals surface area contributed by atoms with Gasteiger partial charge in [0.05, 0.1) is 22.8 Å². The third-order valence-electron chi connectivity index (χ3n) is 4.52. The largest absolute Gasteiger partial charge is 0.338 e. The standard InChI is InChI=1S/C20H23N3OS/c1-4-23-18-13-9-8-12-17(18)21-20(23)25-14-19(24)22(3)15(2)16-10-6-5-7-11-16/h5-13,15H,4,14H2,1-3H3/t15-/m1/s1. The Balaban J connectivity index is 1.70. The van der Waals surface area contributed by atoms with Gasteiger partial charge in [-0.1, -0.05) is 54.2 Å². The molecule has 0 N–H and O–H groups in total. The van der Waals surface area contributed by atoms with Crippen LogP contribution in [0.5, 0.6) is 0 Å². The lowest BCUT2D eigenvalue weighted by Gasteiger charge is -2.25. The highest BCUT2D eigenvalue weighted by Gasteiger charge is 2.19. The molecule has 3 aromatic rings. The third-order valence-corrected chi connectivity index (χ3v) is 5.48. The molecule has 0 aliphatic rings. The van der Waals surface area contributed by atoms with Crippen LogP contribution in [0.15, 0.2) is 59.8 Å². The number of imidazole rings is 1. The minimum Gasteiger partial charge on any atom is -0.338 e. The van der Waals surface area contributed by atoms with Gasteiger partial charge in [-0.15, -0.1) is 0 Å². The number of aromatic nitrogens is 2. The van der Waals surface area contributed by atoms with Crippen LogP contribution in [0.25, 0.3) is 11.0 Å². The number of benzene rings is 2. The number of para-hydroxylation sites is 2. The summed E-state index contributed by atoms with van der Waals surface area (Å²) in [5.74, 6) is 0.493. The fourth-order valence-electron chi connectivity index (χ4n) is 2.87. The highest BCUT2D eigenvalue weighted by Crippen LogP contribution is 2.25. The average molecular weight is 353 g/mol. The minimum absolute atomic E-state index is 0.0549. The van der Waals surface area contributed by atoms with Gasteiger partial charge in [0.15, 0.2) is 5.16 Å². The molecule has 2 aromatic carbocycles. The smallest absolute Gasteiger partial charge is 0.233 e. The van der Waals surface area contributed by atoms with Crippen LogP contribution in [0.1, 0.15) is 25.5 Å². The van der Waals surface area contributed by atoms with Crippen LogP contribution in [0.2, 0.25) is 0 Å². The van der Waals surface area contributed by atoms with Crippen molar-refractivity contribution in [3.05, 3.63) is 60.2 Å². The molecule has 1 heterocycles. The number of amides is 1. The Kier molecular flexibility index (Phi) is 5.43. The van der Waals surface area contributed by atoms with Crippen molar-refractivity contribution in [2.45, 2.75) is 31.6 Å². The molecule has 0 saturated heterocycles. The van der Waals surface area contributed by atoms with Crippen LogP contribution < -0.4 is 0 Å². The van der Waals surface area contributed by atoms with Crippen molar-refractivity contribution in [2.24, 2.45) is 0 Å². The normalized spacial score (nSPS) is 12.3. The zero-order chi connectivity index (χ0) is 17.8. The van der Waals surface area contributed by atoms with Crippen molar-refractivity contribution in [2.75, 3.05) is 12.8 Å². The molecule has 0 aliphatic heterocycles. The number of fused-ring (bicyclic) bond motifs is 1. The van der Waals surface area contributed by atoms with Gasteiger partial charge in [0.2, 0.25) is 5.91 Å². The molecule has 0 saturated carbocycles. The number of thioether (sulfide) groups is 1. The van der Waals surface area contributed by atoms with Gasteiger partial charge in [0.25, 0.3) is 0 Å². The molecule has 0 bridgehead atoms. The minimum atomic E-state index is 0.0549. The first-order valence-corrected chi connectivity index (χ1v) is 9.49. The Morgan fingerprint density at radius 3 is 2.56 bits per heavy atom. The summed E-state index contributed by atoms with van der Waals surface area (Å²) in [6.07, 6.45) is 0. The SMILES string of the molecule is CCn1c(SCC(=O)N(C)[C@H](C)c2ccccc2)nc2ccccc21. The van der Waals surface area contributed by atoms with Gasteiger partial charge in [-0.2, -0.15) is 0 Å². The van der Waals surface area contributed by atoms with E-state index in [9.17, 15) is 4.79 Å². The van der Waals surface area contributed by atoms with Crippen molar-refractivity contribution in [1.82, 2.24) is 14.5 Å². The molecule has 1 aromatic heterocycles. The summed E-state index contributed by atoms with van der Waals surface area (Å²) >= 11 is 1.51. The van der Waals surface area contributed by atoms with Crippen LogP contribution in [-0.4, -0.2) is 33.2 Å². The first-order valence-electron chi connectivity index (χ1n) is 8.50. The average Bonchev–Trinajstić information content (AvgIpc) is 3.03. The van der Waals surface area contributed by atoms with Crippen molar-refractivity contribution < 1.29 is 4.79 Å². The zero-order valence-corrected chi connectivity index (χ0v) is 15.7. The summed E-state index contributed by atoms with van der Waals surface area (Å²) in [5, 5.41) is 0.901. The monoisotopic (exact) mass is 353 g/mol. The molecule has 130 valence electrons. The van der Waals surface area contributed by atoms with E-state index in [4.69, 9.17) is 0 Å². The summed E-state index contributed by atoms with van der Waals surface area (Å²) < 4.78 is 2.16. The Hall–Kier alpha value is -2.27. The maximum Gasteiger partial charge on any atom is 0.233 e. The van der Waals surface area contributed by atoms with Crippen LogP contribution in [0.3, 0.4) is 0 Å². The molecule has 0 unspecified atom stereocenters. The van der Waals surface area contributed by atoms with Crippen LogP contribution >= 0.6 is 11.8 Å². The first kappa shape index (κ1) is 17.5. The number of rotatable bonds is 6. The predicted molar refractivity (Wildman–Crippen MR) is 104 cm³/mol. The Morgan fingerprint density at radius 2 is 1.84 bits per heavy atom. The summed E-state index contributed by atoms with van der Waals surface area (Å²) in [4.78, 5) is 19.1. The number of carbonyl (C=O) groups excluding carboxylic acids is 1. The Bertz CT molecular complexity index is 860. The van der Waals surface area contributed by atoms with Gasteiger partial charge in [-0.05, 0) is 31.5 Å². The van der Waals surface area contributed by atoms with E-state index in [1.807, 2.05) is 43.4 Å². The summed E-state index contributed by atoms with van der Waals surface area (Å²) in [5.41, 5.74) is 3.24. The fourth-order valence-corrected chi connectivity index (χ4v) is 3.87. The second-order valence-corrected chi connectivity index (χ2v) is 6.95. The second-order valence-electron chi connectivity index (χ2n) is 6.01. The van der Waals surface area contributed by atoms with E-state index in [0.29, 0.717) is 5.75 Å². The number of hydrogen-bond donors (Lipinski definition) is 0. The van der Waals surface area contributed by atoms with Crippen LogP contribution in [0, 0.1) is 0 Å². The summed E-state index contributed by atoms with van der Waals surface area (Å²) in [6, 6.07) is 18.2. The predicted octanol–water partition coefficient (Wildman–Crippen LogP) is 4.37. The van der Waals surface area contributed by atoms with Gasteiger partial charge in [0.1, 0.15) is 0 Å². The topological polar surface area (TPSA) is 38.1 Å². The van der Waals surface area contributed by atoms with Crippen molar-refractivity contribution in [3.8, 4) is 0 Å². The Morgan fingerprint density at radius 1 is 1.16 bits per heavy atom. The van der Waals surface area contributed by atoms with Gasteiger partial charge in [0, 0.05) is 13.6 Å². The Labute approximate surface area is 152 Å². The van der Waals surface area contributed by atoms with E-state index in [2.05, 4.69) is 41.6 Å². The molecule has 1 atom stereocenters. The van der Waals surface area contributed by atoms with Crippen molar-refractivity contribution in [1.29, 1.82) is 0 Å². The fraction of sp³-hybridized carbons (Fsp3) is 0.300. The quantitative estimate of drug-likeness (QED) is 0.618. The van der Waals surface area contributed by atoms with E-state index in [1.165, 1.54) is 11.8 Å². The zero-order valence-electron chi connectivity index (χ0n) is 14.8. The number of hydrogen-bond acceptors (Lipinski definition) is 3. The lowest BCUT2D eigenvalue weighted by atomic mass is 10.1. The molecule has 3 rings (SSSR count). The van der Waals surface area contributed by atoms with Crippen molar-refractivity contribution >= 4 is 28.7 Å². The lowest BCUT2D eigenvalue weighted by molar-refractivity contribution is -0.128. The van der Waals surface area contributed by atoms with E-state index >= 15 is 0 Å². The maximum atomic E-state index is 12.6. The number of carbonyl (C=O) groups is 1.